The van der Waals surface area contributed by atoms with Gasteiger partial charge < -0.3 is 9.72 Å². The third-order valence-corrected chi connectivity index (χ3v) is 2.37. The van der Waals surface area contributed by atoms with E-state index in [9.17, 15) is 0 Å². The number of nitrogens with zero attached hydrogens (tertiary/aromatic N) is 1. The topological polar surface area (TPSA) is 37.9 Å². The van der Waals surface area contributed by atoms with Crippen molar-refractivity contribution in [2.75, 3.05) is 6.61 Å². The first-order valence-electron chi connectivity index (χ1n) is 5.63. The highest BCUT2D eigenvalue weighted by Crippen LogP contribution is 2.20. The number of aromatic nitrogens is 2. The van der Waals surface area contributed by atoms with Crippen molar-refractivity contribution in [1.29, 1.82) is 0 Å². The van der Waals surface area contributed by atoms with Crippen molar-refractivity contribution in [1.82, 2.24) is 9.97 Å². The first kappa shape index (κ1) is 10.7. The SMILES string of the molecule is CCCCOc1cccc(-c2ncc[nH]2)c1. The standard InChI is InChI=1S/C13H16N2O/c1-2-3-9-16-12-6-4-5-11(10-12)13-14-7-8-15-13/h4-8,10H,2-3,9H2,1H3,(H,14,15). The molecule has 2 rings (SSSR count). The quantitative estimate of drug-likeness (QED) is 0.779. The van der Waals surface area contributed by atoms with E-state index in [-0.39, 0.29) is 0 Å². The van der Waals surface area contributed by atoms with Gasteiger partial charge in [-0.25, -0.2) is 4.98 Å². The van der Waals surface area contributed by atoms with Crippen LogP contribution in [0.3, 0.4) is 0 Å². The van der Waals surface area contributed by atoms with Crippen LogP contribution in [0.4, 0.5) is 0 Å². The van der Waals surface area contributed by atoms with Gasteiger partial charge in [-0.2, -0.15) is 0 Å². The van der Waals surface area contributed by atoms with Crippen LogP contribution >= 0.6 is 0 Å². The second kappa shape index (κ2) is 5.35. The lowest BCUT2D eigenvalue weighted by Gasteiger charge is -2.06. The highest BCUT2D eigenvalue weighted by atomic mass is 16.5. The van der Waals surface area contributed by atoms with Gasteiger partial charge in [-0.3, -0.25) is 0 Å². The molecule has 16 heavy (non-hydrogen) atoms. The van der Waals surface area contributed by atoms with Gasteiger partial charge in [0.05, 0.1) is 6.61 Å². The predicted octanol–water partition coefficient (Wildman–Crippen LogP) is 3.26. The van der Waals surface area contributed by atoms with Crippen LogP contribution in [0.5, 0.6) is 5.75 Å². The molecule has 1 aromatic heterocycles. The minimum Gasteiger partial charge on any atom is -0.494 e. The van der Waals surface area contributed by atoms with E-state index in [1.165, 1.54) is 0 Å². The number of ether oxygens (including phenoxy) is 1. The number of imidazole rings is 1. The minimum absolute atomic E-state index is 0.776. The van der Waals surface area contributed by atoms with E-state index < -0.39 is 0 Å². The fraction of sp³-hybridized carbons (Fsp3) is 0.308. The second-order valence-corrected chi connectivity index (χ2v) is 3.67. The molecular weight excluding hydrogens is 200 g/mol. The zero-order chi connectivity index (χ0) is 11.2. The van der Waals surface area contributed by atoms with Crippen LogP contribution in [-0.4, -0.2) is 16.6 Å². The Hall–Kier alpha value is -1.77. The van der Waals surface area contributed by atoms with Crippen molar-refractivity contribution in [3.05, 3.63) is 36.7 Å². The normalized spacial score (nSPS) is 10.3. The maximum atomic E-state index is 5.64. The average molecular weight is 216 g/mol. The molecule has 0 bridgehead atoms. The first-order chi connectivity index (χ1) is 7.90. The lowest BCUT2D eigenvalue weighted by molar-refractivity contribution is 0.309. The Bertz CT molecular complexity index is 423. The molecule has 3 heteroatoms. The van der Waals surface area contributed by atoms with Crippen molar-refractivity contribution in [2.45, 2.75) is 19.8 Å². The molecule has 2 aromatic rings. The van der Waals surface area contributed by atoms with E-state index in [2.05, 4.69) is 16.9 Å². The Balaban J connectivity index is 2.08. The molecule has 0 aliphatic rings. The van der Waals surface area contributed by atoms with E-state index in [0.29, 0.717) is 0 Å². The van der Waals surface area contributed by atoms with Crippen LogP contribution in [0, 0.1) is 0 Å². The third kappa shape index (κ3) is 2.63. The number of nitrogens with one attached hydrogen (secondary N) is 1. The fourth-order valence-corrected chi connectivity index (χ4v) is 1.49. The van der Waals surface area contributed by atoms with Gasteiger partial charge in [0.15, 0.2) is 0 Å². The summed E-state index contributed by atoms with van der Waals surface area (Å²) in [6.45, 7) is 2.93. The summed E-state index contributed by atoms with van der Waals surface area (Å²) in [5.41, 5.74) is 1.05. The number of benzene rings is 1. The zero-order valence-electron chi connectivity index (χ0n) is 9.44. The maximum absolute atomic E-state index is 5.64. The van der Waals surface area contributed by atoms with E-state index in [1.54, 1.807) is 6.20 Å². The van der Waals surface area contributed by atoms with Gasteiger partial charge in [-0.1, -0.05) is 25.5 Å². The Kier molecular flexibility index (Phi) is 3.59. The first-order valence-corrected chi connectivity index (χ1v) is 5.63. The molecule has 84 valence electrons. The largest absolute Gasteiger partial charge is 0.494 e. The van der Waals surface area contributed by atoms with Gasteiger partial charge in [0.25, 0.3) is 0 Å². The smallest absolute Gasteiger partial charge is 0.137 e. The van der Waals surface area contributed by atoms with E-state index in [1.807, 2.05) is 30.5 Å². The molecule has 3 nitrogen and oxygen atoms in total. The zero-order valence-corrected chi connectivity index (χ0v) is 9.44. The number of aromatic amines is 1. The molecule has 0 atom stereocenters. The van der Waals surface area contributed by atoms with Crippen LogP contribution in [0.1, 0.15) is 19.8 Å². The Morgan fingerprint density at radius 1 is 1.38 bits per heavy atom. The summed E-state index contributed by atoms with van der Waals surface area (Å²) in [5.74, 6) is 1.78. The number of rotatable bonds is 5. The van der Waals surface area contributed by atoms with E-state index in [4.69, 9.17) is 4.74 Å². The minimum atomic E-state index is 0.776. The van der Waals surface area contributed by atoms with Crippen LogP contribution in [-0.2, 0) is 0 Å². The summed E-state index contributed by atoms with van der Waals surface area (Å²) in [6.07, 6.45) is 5.81. The Labute approximate surface area is 95.5 Å². The lowest BCUT2D eigenvalue weighted by Crippen LogP contribution is -1.96. The molecule has 0 unspecified atom stereocenters. The van der Waals surface area contributed by atoms with Gasteiger partial charge >= 0.3 is 0 Å². The van der Waals surface area contributed by atoms with Crippen molar-refractivity contribution in [3.8, 4) is 17.1 Å². The number of hydrogen-bond donors (Lipinski definition) is 1. The summed E-state index contributed by atoms with van der Waals surface area (Å²) in [5, 5.41) is 0. The highest BCUT2D eigenvalue weighted by Gasteiger charge is 2.01. The molecule has 0 radical (unpaired) electrons. The van der Waals surface area contributed by atoms with Crippen LogP contribution in [0.15, 0.2) is 36.7 Å². The number of unbranched alkanes of at least 4 members (excludes halogenated alkanes) is 1. The molecule has 1 N–H and O–H groups in total. The number of H-pyrrole nitrogens is 1. The van der Waals surface area contributed by atoms with Gasteiger partial charge in [0.1, 0.15) is 11.6 Å². The molecule has 0 amide bonds. The fourth-order valence-electron chi connectivity index (χ4n) is 1.49. The predicted molar refractivity (Wildman–Crippen MR) is 64.4 cm³/mol. The van der Waals surface area contributed by atoms with Crippen molar-refractivity contribution in [2.24, 2.45) is 0 Å². The molecule has 1 heterocycles. The average Bonchev–Trinajstić information content (AvgIpc) is 2.83. The maximum Gasteiger partial charge on any atom is 0.137 e. The summed E-state index contributed by atoms with van der Waals surface area (Å²) in [6, 6.07) is 7.99. The molecule has 0 aliphatic carbocycles. The Morgan fingerprint density at radius 3 is 3.06 bits per heavy atom. The summed E-state index contributed by atoms with van der Waals surface area (Å²) in [7, 11) is 0. The molecule has 0 saturated carbocycles. The molecule has 0 spiro atoms. The van der Waals surface area contributed by atoms with Crippen molar-refractivity contribution >= 4 is 0 Å². The van der Waals surface area contributed by atoms with Crippen LogP contribution in [0.25, 0.3) is 11.4 Å². The van der Waals surface area contributed by atoms with E-state index >= 15 is 0 Å². The van der Waals surface area contributed by atoms with Crippen LogP contribution < -0.4 is 4.74 Å². The molecule has 1 aromatic carbocycles. The summed E-state index contributed by atoms with van der Waals surface area (Å²) < 4.78 is 5.64. The highest BCUT2D eigenvalue weighted by molar-refractivity contribution is 5.57. The van der Waals surface area contributed by atoms with E-state index in [0.717, 1.165) is 36.6 Å². The molecular formula is C13H16N2O. The van der Waals surface area contributed by atoms with Crippen molar-refractivity contribution < 1.29 is 4.74 Å². The number of hydrogen-bond acceptors (Lipinski definition) is 2. The van der Waals surface area contributed by atoms with Gasteiger partial charge in [-0.15, -0.1) is 0 Å². The lowest BCUT2D eigenvalue weighted by atomic mass is 10.2. The Morgan fingerprint density at radius 2 is 2.31 bits per heavy atom. The molecule has 0 aliphatic heterocycles. The second-order valence-electron chi connectivity index (χ2n) is 3.67. The monoisotopic (exact) mass is 216 g/mol. The summed E-state index contributed by atoms with van der Waals surface area (Å²) >= 11 is 0. The molecule has 0 saturated heterocycles. The van der Waals surface area contributed by atoms with Gasteiger partial charge in [0.2, 0.25) is 0 Å². The summed E-state index contributed by atoms with van der Waals surface area (Å²) in [4.78, 5) is 7.29. The van der Waals surface area contributed by atoms with Gasteiger partial charge in [-0.05, 0) is 18.6 Å². The van der Waals surface area contributed by atoms with Crippen molar-refractivity contribution in [3.63, 3.8) is 0 Å². The van der Waals surface area contributed by atoms with Crippen LogP contribution in [0.2, 0.25) is 0 Å². The third-order valence-electron chi connectivity index (χ3n) is 2.37. The van der Waals surface area contributed by atoms with Gasteiger partial charge in [0, 0.05) is 18.0 Å². The molecule has 0 fully saturated rings.